The highest BCUT2D eigenvalue weighted by molar-refractivity contribution is 5.81. The fourth-order valence-corrected chi connectivity index (χ4v) is 1.39. The predicted octanol–water partition coefficient (Wildman–Crippen LogP) is -0.973. The van der Waals surface area contributed by atoms with Crippen molar-refractivity contribution in [2.75, 3.05) is 26.7 Å². The smallest absolute Gasteiger partial charge is 0.153 e. The van der Waals surface area contributed by atoms with Gasteiger partial charge in [0, 0.05) is 12.6 Å². The van der Waals surface area contributed by atoms with Gasteiger partial charge in [-0.2, -0.15) is 0 Å². The third kappa shape index (κ3) is 2.67. The molecule has 1 atom stereocenters. The van der Waals surface area contributed by atoms with E-state index in [-0.39, 0.29) is 5.84 Å². The van der Waals surface area contributed by atoms with E-state index in [1.54, 1.807) is 0 Å². The second-order valence-corrected chi connectivity index (χ2v) is 3.22. The normalized spacial score (nSPS) is 26.4. The van der Waals surface area contributed by atoms with E-state index in [4.69, 9.17) is 10.9 Å². The van der Waals surface area contributed by atoms with Crippen molar-refractivity contribution >= 4 is 5.84 Å². The lowest BCUT2D eigenvalue weighted by atomic mass is 10.2. The Balaban J connectivity index is 2.16. The topological polar surface area (TPSA) is 73.9 Å². The molecule has 1 aliphatic rings. The molecule has 0 bridgehead atoms. The van der Waals surface area contributed by atoms with E-state index in [1.807, 2.05) is 0 Å². The van der Waals surface area contributed by atoms with Crippen molar-refractivity contribution in [2.24, 2.45) is 10.9 Å². The summed E-state index contributed by atoms with van der Waals surface area (Å²) >= 11 is 0. The number of nitrogens with one attached hydrogen (secondary N) is 1. The lowest BCUT2D eigenvalue weighted by molar-refractivity contribution is 0.316. The maximum absolute atomic E-state index is 8.27. The molecule has 0 saturated carbocycles. The highest BCUT2D eigenvalue weighted by Gasteiger charge is 2.18. The van der Waals surface area contributed by atoms with Crippen molar-refractivity contribution in [1.82, 2.24) is 10.2 Å². The average Bonchev–Trinajstić information content (AvgIpc) is 2.47. The Morgan fingerprint density at radius 2 is 2.58 bits per heavy atom. The molecule has 4 N–H and O–H groups in total. The lowest BCUT2D eigenvalue weighted by Crippen LogP contribution is -2.38. The van der Waals surface area contributed by atoms with Crippen LogP contribution in [0.3, 0.4) is 0 Å². The molecule has 5 nitrogen and oxygen atoms in total. The number of oxime groups is 1. The van der Waals surface area contributed by atoms with Gasteiger partial charge in [-0.1, -0.05) is 5.16 Å². The van der Waals surface area contributed by atoms with Crippen molar-refractivity contribution < 1.29 is 5.21 Å². The zero-order chi connectivity index (χ0) is 8.97. The average molecular weight is 172 g/mol. The number of nitrogens with zero attached hydrogens (tertiary/aromatic N) is 2. The summed E-state index contributed by atoms with van der Waals surface area (Å²) in [4.78, 5) is 2.25. The maximum Gasteiger partial charge on any atom is 0.153 e. The summed E-state index contributed by atoms with van der Waals surface area (Å²) in [6, 6.07) is 0.482. The molecule has 1 unspecified atom stereocenters. The van der Waals surface area contributed by atoms with Crippen molar-refractivity contribution in [2.45, 2.75) is 12.5 Å². The number of likely N-dealkylation sites (tertiary alicyclic amines) is 1. The molecule has 0 aromatic rings. The third-order valence-corrected chi connectivity index (χ3v) is 2.09. The molecule has 1 fully saturated rings. The van der Waals surface area contributed by atoms with E-state index in [0.717, 1.165) is 19.5 Å². The van der Waals surface area contributed by atoms with Gasteiger partial charge in [-0.05, 0) is 20.0 Å². The Morgan fingerprint density at radius 1 is 1.83 bits per heavy atom. The van der Waals surface area contributed by atoms with Gasteiger partial charge < -0.3 is 21.2 Å². The van der Waals surface area contributed by atoms with Crippen LogP contribution in [0.1, 0.15) is 6.42 Å². The van der Waals surface area contributed by atoms with Gasteiger partial charge in [-0.15, -0.1) is 0 Å². The van der Waals surface area contributed by atoms with Crippen LogP contribution in [0.15, 0.2) is 5.16 Å². The molecule has 1 aliphatic heterocycles. The monoisotopic (exact) mass is 172 g/mol. The molecule has 5 heteroatoms. The van der Waals surface area contributed by atoms with Gasteiger partial charge in [0.2, 0.25) is 0 Å². The van der Waals surface area contributed by atoms with Crippen LogP contribution in [0, 0.1) is 0 Å². The summed E-state index contributed by atoms with van der Waals surface area (Å²) in [5.41, 5.74) is 5.31. The summed E-state index contributed by atoms with van der Waals surface area (Å²) < 4.78 is 0. The SMILES string of the molecule is CN1CCC(NC/C(N)=N/O)C1. The molecule has 70 valence electrons. The molecule has 0 radical (unpaired) electrons. The molecule has 1 heterocycles. The van der Waals surface area contributed by atoms with Crippen molar-refractivity contribution in [3.05, 3.63) is 0 Å². The summed E-state index contributed by atoms with van der Waals surface area (Å²) in [6.45, 7) is 2.63. The maximum atomic E-state index is 8.27. The van der Waals surface area contributed by atoms with Crippen LogP contribution in [0.25, 0.3) is 0 Å². The minimum atomic E-state index is 0.240. The first-order valence-corrected chi connectivity index (χ1v) is 4.10. The number of hydrogen-bond donors (Lipinski definition) is 3. The fraction of sp³-hybridized carbons (Fsp3) is 0.857. The predicted molar refractivity (Wildman–Crippen MR) is 47.3 cm³/mol. The summed E-state index contributed by atoms with van der Waals surface area (Å²) in [7, 11) is 2.09. The number of nitrogens with two attached hydrogens (primary N) is 1. The molecule has 1 rings (SSSR count). The van der Waals surface area contributed by atoms with Crippen LogP contribution in [0.2, 0.25) is 0 Å². The van der Waals surface area contributed by atoms with Crippen LogP contribution in [-0.2, 0) is 0 Å². The Morgan fingerprint density at radius 3 is 3.08 bits per heavy atom. The Hall–Kier alpha value is -0.810. The molecule has 12 heavy (non-hydrogen) atoms. The molecule has 0 spiro atoms. The first kappa shape index (κ1) is 9.28. The first-order chi connectivity index (χ1) is 5.72. The molecule has 0 aromatic carbocycles. The Labute approximate surface area is 72.2 Å². The minimum Gasteiger partial charge on any atom is -0.409 e. The number of rotatable bonds is 3. The van der Waals surface area contributed by atoms with E-state index < -0.39 is 0 Å². The summed E-state index contributed by atoms with van der Waals surface area (Å²) in [5.74, 6) is 0.240. The molecular formula is C7H16N4O. The molecule has 1 saturated heterocycles. The van der Waals surface area contributed by atoms with Crippen LogP contribution >= 0.6 is 0 Å². The molecule has 0 amide bonds. The largest absolute Gasteiger partial charge is 0.409 e. The van der Waals surface area contributed by atoms with Gasteiger partial charge in [-0.25, -0.2) is 0 Å². The molecule has 0 aliphatic carbocycles. The Bertz CT molecular complexity index is 171. The van der Waals surface area contributed by atoms with E-state index in [1.165, 1.54) is 0 Å². The van der Waals surface area contributed by atoms with Gasteiger partial charge in [0.1, 0.15) is 0 Å². The molecular weight excluding hydrogens is 156 g/mol. The molecule has 0 aromatic heterocycles. The zero-order valence-electron chi connectivity index (χ0n) is 7.32. The van der Waals surface area contributed by atoms with E-state index in [2.05, 4.69) is 22.4 Å². The fourth-order valence-electron chi connectivity index (χ4n) is 1.39. The van der Waals surface area contributed by atoms with Gasteiger partial charge in [0.25, 0.3) is 0 Å². The second kappa shape index (κ2) is 4.27. The summed E-state index contributed by atoms with van der Waals surface area (Å²) in [6.07, 6.45) is 1.13. The third-order valence-electron chi connectivity index (χ3n) is 2.09. The number of hydrogen-bond acceptors (Lipinski definition) is 4. The Kier molecular flexibility index (Phi) is 3.31. The number of likely N-dealkylation sites (N-methyl/N-ethyl adjacent to an activating group) is 1. The summed E-state index contributed by atoms with van der Waals surface area (Å²) in [5, 5.41) is 14.4. The minimum absolute atomic E-state index is 0.240. The van der Waals surface area contributed by atoms with Crippen LogP contribution in [-0.4, -0.2) is 48.7 Å². The highest BCUT2D eigenvalue weighted by atomic mass is 16.4. The van der Waals surface area contributed by atoms with Gasteiger partial charge in [0.05, 0.1) is 6.54 Å². The van der Waals surface area contributed by atoms with Crippen molar-refractivity contribution in [1.29, 1.82) is 0 Å². The standard InChI is InChI=1S/C7H16N4O/c1-11-3-2-6(5-11)9-4-7(8)10-12/h6,9,12H,2-5H2,1H3,(H2,8,10). The van der Waals surface area contributed by atoms with Gasteiger partial charge in [-0.3, -0.25) is 0 Å². The highest BCUT2D eigenvalue weighted by Crippen LogP contribution is 2.04. The first-order valence-electron chi connectivity index (χ1n) is 4.10. The van der Waals surface area contributed by atoms with Gasteiger partial charge in [0.15, 0.2) is 5.84 Å². The number of amidine groups is 1. The lowest BCUT2D eigenvalue weighted by Gasteiger charge is -2.11. The van der Waals surface area contributed by atoms with Crippen LogP contribution in [0.4, 0.5) is 0 Å². The quantitative estimate of drug-likeness (QED) is 0.221. The zero-order valence-corrected chi connectivity index (χ0v) is 7.32. The van der Waals surface area contributed by atoms with Gasteiger partial charge >= 0.3 is 0 Å². The van der Waals surface area contributed by atoms with Crippen molar-refractivity contribution in [3.63, 3.8) is 0 Å². The van der Waals surface area contributed by atoms with E-state index in [0.29, 0.717) is 12.6 Å². The second-order valence-electron chi connectivity index (χ2n) is 3.22. The van der Waals surface area contributed by atoms with Crippen molar-refractivity contribution in [3.8, 4) is 0 Å². The van der Waals surface area contributed by atoms with Crippen LogP contribution in [0.5, 0.6) is 0 Å². The van der Waals surface area contributed by atoms with Crippen LogP contribution < -0.4 is 11.1 Å². The van der Waals surface area contributed by atoms with E-state index in [9.17, 15) is 0 Å². The van der Waals surface area contributed by atoms with E-state index >= 15 is 0 Å².